The number of aliphatic carboxylic acids is 4. The third-order valence-electron chi connectivity index (χ3n) is 11.7. The Bertz CT molecular complexity index is 2230. The number of nitrogens with one attached hydrogen (secondary N) is 10. The molecule has 0 aliphatic heterocycles. The number of hydrogen-bond donors (Lipinski definition) is 16. The highest BCUT2D eigenvalue weighted by Crippen LogP contribution is 2.12. The molecule has 78 heavy (non-hydrogen) atoms. The quantitative estimate of drug-likeness (QED) is 0.0285. The lowest BCUT2D eigenvalue weighted by molar-refractivity contribution is -0.140. The second-order valence-corrected chi connectivity index (χ2v) is 19.7. The highest BCUT2D eigenvalue weighted by Gasteiger charge is 2.36. The number of nitrogens with zero attached hydrogens (tertiary/aromatic N) is 1. The number of carboxylic acids is 4. The summed E-state index contributed by atoms with van der Waals surface area (Å²) in [6.07, 6.45) is -0.214. The molecule has 18 N–H and O–H groups in total. The van der Waals surface area contributed by atoms with Crippen molar-refractivity contribution in [2.45, 2.75) is 173 Å². The van der Waals surface area contributed by atoms with Gasteiger partial charge in [-0.2, -0.15) is 0 Å². The van der Waals surface area contributed by atoms with Crippen LogP contribution in [0, 0.1) is 17.8 Å². The molecule has 0 fully saturated rings. The van der Waals surface area contributed by atoms with E-state index < -0.39 is 195 Å². The van der Waals surface area contributed by atoms with Crippen molar-refractivity contribution >= 4 is 77.0 Å². The molecule has 0 aromatic carbocycles. The van der Waals surface area contributed by atoms with Crippen molar-refractivity contribution in [3.63, 3.8) is 0 Å². The average molecular weight is 1110 g/mol. The van der Waals surface area contributed by atoms with Crippen LogP contribution < -0.4 is 59.3 Å². The number of aromatic amines is 1. The minimum atomic E-state index is -1.74. The molecule has 0 unspecified atom stereocenters. The zero-order chi connectivity index (χ0) is 59.4. The molecule has 9 atom stereocenters. The second-order valence-electron chi connectivity index (χ2n) is 19.7. The van der Waals surface area contributed by atoms with Crippen LogP contribution in [0.15, 0.2) is 12.5 Å². The Balaban J connectivity index is 3.44. The zero-order valence-corrected chi connectivity index (χ0v) is 45.0. The summed E-state index contributed by atoms with van der Waals surface area (Å²) in [6.45, 7) is 10.7. The first-order valence-corrected chi connectivity index (χ1v) is 25.5. The molecule has 30 nitrogen and oxygen atoms in total. The third-order valence-corrected chi connectivity index (χ3v) is 11.7. The topological polar surface area (TPSA) is 492 Å². The molecular weight excluding hydrogens is 1030 g/mol. The van der Waals surface area contributed by atoms with Gasteiger partial charge in [0.25, 0.3) is 0 Å². The smallest absolute Gasteiger partial charge is 0.322 e. The number of amides is 9. The zero-order valence-electron chi connectivity index (χ0n) is 45.0. The fraction of sp³-hybridized carbons (Fsp3) is 0.667. The highest BCUT2D eigenvalue weighted by molar-refractivity contribution is 5.98. The van der Waals surface area contributed by atoms with Crippen LogP contribution in [0.5, 0.6) is 0 Å². The van der Waals surface area contributed by atoms with Crippen LogP contribution >= 0.6 is 0 Å². The maximum absolute atomic E-state index is 14.2. The van der Waals surface area contributed by atoms with Crippen molar-refractivity contribution in [1.29, 1.82) is 0 Å². The van der Waals surface area contributed by atoms with E-state index >= 15 is 0 Å². The summed E-state index contributed by atoms with van der Waals surface area (Å²) in [5.41, 5.74) is 11.6. The lowest BCUT2D eigenvalue weighted by Gasteiger charge is -2.29. The summed E-state index contributed by atoms with van der Waals surface area (Å²) in [5.74, 6) is -15.4. The predicted octanol–water partition coefficient (Wildman–Crippen LogP) is -3.54. The summed E-state index contributed by atoms with van der Waals surface area (Å²) in [5, 5.41) is 59.2. The number of unbranched alkanes of at least 4 members (excludes halogenated alkanes) is 1. The first-order valence-electron chi connectivity index (χ1n) is 25.5. The molecule has 1 aromatic rings. The van der Waals surface area contributed by atoms with E-state index in [-0.39, 0.29) is 24.5 Å². The Kier molecular flexibility index (Phi) is 30.5. The monoisotopic (exact) mass is 1110 g/mol. The summed E-state index contributed by atoms with van der Waals surface area (Å²) in [6, 6.07) is -13.1. The number of rotatable bonds is 38. The normalized spacial score (nSPS) is 14.6. The van der Waals surface area contributed by atoms with Gasteiger partial charge in [0, 0.05) is 31.9 Å². The third kappa shape index (κ3) is 26.3. The van der Waals surface area contributed by atoms with E-state index in [1.165, 1.54) is 33.3 Å². The maximum atomic E-state index is 14.2. The molecule has 9 amide bonds. The van der Waals surface area contributed by atoms with E-state index in [1.54, 1.807) is 27.7 Å². The van der Waals surface area contributed by atoms with E-state index in [9.17, 15) is 77.6 Å². The number of carbonyl (C=O) groups excluding carboxylic acids is 9. The van der Waals surface area contributed by atoms with Gasteiger partial charge in [-0.15, -0.1) is 0 Å². The van der Waals surface area contributed by atoms with Gasteiger partial charge in [0.2, 0.25) is 53.2 Å². The molecule has 0 aliphatic carbocycles. The van der Waals surface area contributed by atoms with E-state index in [1.807, 2.05) is 0 Å². The first-order chi connectivity index (χ1) is 36.5. The van der Waals surface area contributed by atoms with Crippen LogP contribution in [0.4, 0.5) is 0 Å². The molecule has 0 radical (unpaired) electrons. The molecule has 30 heteroatoms. The van der Waals surface area contributed by atoms with Gasteiger partial charge in [-0.3, -0.25) is 62.3 Å². The van der Waals surface area contributed by atoms with Gasteiger partial charge in [-0.05, 0) is 69.7 Å². The number of hydrogen-bond acceptors (Lipinski definition) is 16. The molecule has 0 spiro atoms. The summed E-state index contributed by atoms with van der Waals surface area (Å²) >= 11 is 0. The second kappa shape index (κ2) is 34.8. The van der Waals surface area contributed by atoms with Crippen molar-refractivity contribution in [1.82, 2.24) is 57.8 Å². The lowest BCUT2D eigenvalue weighted by atomic mass is 9.99. The van der Waals surface area contributed by atoms with Gasteiger partial charge in [0.1, 0.15) is 54.9 Å². The Morgan fingerprint density at radius 1 is 0.500 bits per heavy atom. The van der Waals surface area contributed by atoms with Gasteiger partial charge in [0.05, 0.1) is 18.1 Å². The molecular formula is C48H79N13O17. The minimum absolute atomic E-state index is 0.116. The molecule has 0 saturated heterocycles. The number of carbonyl (C=O) groups is 13. The van der Waals surface area contributed by atoms with Crippen molar-refractivity contribution in [2.24, 2.45) is 29.2 Å². The van der Waals surface area contributed by atoms with E-state index in [0.717, 1.165) is 0 Å². The van der Waals surface area contributed by atoms with Crippen LogP contribution in [-0.2, 0) is 68.7 Å². The fourth-order valence-electron chi connectivity index (χ4n) is 7.39. The van der Waals surface area contributed by atoms with Gasteiger partial charge < -0.3 is 84.7 Å². The molecule has 0 aliphatic rings. The van der Waals surface area contributed by atoms with Crippen LogP contribution in [0.1, 0.15) is 118 Å². The highest BCUT2D eigenvalue weighted by atomic mass is 16.4. The average Bonchev–Trinajstić information content (AvgIpc) is 3.87. The molecule has 0 bridgehead atoms. The summed E-state index contributed by atoms with van der Waals surface area (Å²) in [7, 11) is 0. The van der Waals surface area contributed by atoms with Crippen molar-refractivity contribution in [2.75, 3.05) is 13.1 Å². The van der Waals surface area contributed by atoms with Crippen molar-refractivity contribution in [3.05, 3.63) is 18.2 Å². The van der Waals surface area contributed by atoms with Gasteiger partial charge >= 0.3 is 23.9 Å². The molecule has 0 saturated carbocycles. The minimum Gasteiger partial charge on any atom is -0.481 e. The van der Waals surface area contributed by atoms with Crippen LogP contribution in [0.2, 0.25) is 0 Å². The van der Waals surface area contributed by atoms with Gasteiger partial charge in [-0.1, -0.05) is 48.0 Å². The van der Waals surface area contributed by atoms with E-state index in [0.29, 0.717) is 19.4 Å². The number of nitrogens with two attached hydrogens (primary N) is 2. The number of imidazole rings is 1. The standard InChI is InChI=1S/C48H79N13O17/c1-23(2)18-32(42(72)52-21-37(68)69)59-48(78)39(25(5)6)60-40(70)26(7)54-47(77)38(24(3)4)61-45(75)31(13-16-36(66)67)57-46(76)33(19-27-20-51-22-53-27)58-44(74)30(12-15-35(64)65)56-43(73)29(11-14-34(62)63)55-41(71)28(50)10-8-9-17-49/h20,22-26,28-33,38-39H,8-19,21,49-50H2,1-7H3,(H,51,53)(H,52,72)(H,54,77)(H,55,71)(H,56,73)(H,57,76)(H,58,74)(H,59,78)(H,60,70)(H,61,75)(H,62,63)(H,64,65)(H,66,67)(H,68,69)/t26-,28-,29-,30-,31-,32-,33-,38-,39-/m0/s1. The fourth-order valence-corrected chi connectivity index (χ4v) is 7.39. The van der Waals surface area contributed by atoms with Gasteiger partial charge in [0.15, 0.2) is 0 Å². The number of carboxylic acid groups (broad SMARTS) is 4. The molecule has 1 heterocycles. The first kappa shape index (κ1) is 68.3. The SMILES string of the molecule is CC(C)C[C@H](NC(=O)[C@@H](NC(=O)[C@H](C)NC(=O)[C@@H](NC(=O)[C@H](CCC(=O)O)NC(=O)[C@H](Cc1c[nH]cn1)NC(=O)[C@H](CCC(=O)O)NC(=O)[C@H](CCC(=O)O)NC(=O)[C@@H](N)CCCCN)C(C)C)C(C)C)C(=O)NCC(=O)O. The van der Waals surface area contributed by atoms with Crippen LogP contribution in [0.3, 0.4) is 0 Å². The Morgan fingerprint density at radius 2 is 0.923 bits per heavy atom. The van der Waals surface area contributed by atoms with Crippen molar-refractivity contribution in [3.8, 4) is 0 Å². The summed E-state index contributed by atoms with van der Waals surface area (Å²) < 4.78 is 0. The van der Waals surface area contributed by atoms with Crippen LogP contribution in [-0.4, -0.2) is 175 Å². The Labute approximate surface area is 450 Å². The van der Waals surface area contributed by atoms with Crippen molar-refractivity contribution < 1.29 is 82.8 Å². The molecule has 1 aromatic heterocycles. The van der Waals surface area contributed by atoms with E-state index in [2.05, 4.69) is 57.8 Å². The number of H-pyrrole nitrogens is 1. The molecule has 438 valence electrons. The largest absolute Gasteiger partial charge is 0.481 e. The van der Waals surface area contributed by atoms with Gasteiger partial charge in [-0.25, -0.2) is 4.98 Å². The summed E-state index contributed by atoms with van der Waals surface area (Å²) in [4.78, 5) is 175. The maximum Gasteiger partial charge on any atom is 0.322 e. The predicted molar refractivity (Wildman–Crippen MR) is 275 cm³/mol. The van der Waals surface area contributed by atoms with Crippen LogP contribution in [0.25, 0.3) is 0 Å². The lowest BCUT2D eigenvalue weighted by Crippen LogP contribution is -2.61. The number of aromatic nitrogens is 2. The Hall–Kier alpha value is -7.76. The molecule has 1 rings (SSSR count). The van der Waals surface area contributed by atoms with E-state index in [4.69, 9.17) is 16.6 Å². The Morgan fingerprint density at radius 3 is 1.35 bits per heavy atom.